The summed E-state index contributed by atoms with van der Waals surface area (Å²) < 4.78 is 15.7. The van der Waals surface area contributed by atoms with Gasteiger partial charge in [-0.1, -0.05) is 60.2 Å². The average molecular weight is 312 g/mol. The van der Waals surface area contributed by atoms with E-state index in [-0.39, 0.29) is 11.5 Å². The molecule has 0 saturated heterocycles. The van der Waals surface area contributed by atoms with E-state index >= 15 is 0 Å². The fourth-order valence-corrected chi connectivity index (χ4v) is 2.09. The molecule has 0 bridgehead atoms. The molecule has 4 heteroatoms. The third-order valence-electron chi connectivity index (χ3n) is 3.21. The highest BCUT2D eigenvalue weighted by Crippen LogP contribution is 2.17. The number of allylic oxidation sites excluding steroid dienone is 1. The Morgan fingerprint density at radius 2 is 1.70 bits per heavy atom. The van der Waals surface area contributed by atoms with E-state index in [0.29, 0.717) is 5.56 Å². The van der Waals surface area contributed by atoms with Crippen molar-refractivity contribution in [3.63, 3.8) is 0 Å². The van der Waals surface area contributed by atoms with Crippen molar-refractivity contribution in [2.24, 2.45) is 0 Å². The number of ketones is 1. The van der Waals surface area contributed by atoms with Crippen LogP contribution >= 0.6 is 0 Å². The summed E-state index contributed by atoms with van der Waals surface area (Å²) in [5.74, 6) is -0.0679. The Balaban J connectivity index is 2.37. The summed E-state index contributed by atoms with van der Waals surface area (Å²) in [6.45, 7) is 1.04. The van der Waals surface area contributed by atoms with Gasteiger partial charge in [-0.2, -0.15) is 0 Å². The van der Waals surface area contributed by atoms with Crippen LogP contribution in [0.1, 0.15) is 21.5 Å². The number of carbonyl (C=O) groups excluding carboxylic acids is 1. The lowest BCUT2D eigenvalue weighted by Gasteiger charge is -2.17. The van der Waals surface area contributed by atoms with Crippen molar-refractivity contribution >= 4 is 11.9 Å². The number of rotatable bonds is 7. The van der Waals surface area contributed by atoms with E-state index in [2.05, 4.69) is 0 Å². The number of hydrogen-bond acceptors (Lipinski definition) is 4. The van der Waals surface area contributed by atoms with E-state index in [1.165, 1.54) is 14.2 Å². The van der Waals surface area contributed by atoms with Gasteiger partial charge in [-0.15, -0.1) is 0 Å². The van der Waals surface area contributed by atoms with Crippen LogP contribution in [0.2, 0.25) is 0 Å². The monoisotopic (exact) mass is 312 g/mol. The molecular formula is C19H20O4. The maximum atomic E-state index is 12.7. The van der Waals surface area contributed by atoms with E-state index in [9.17, 15) is 4.79 Å². The Bertz CT molecular complexity index is 673. The number of carbonyl (C=O) groups is 1. The first kappa shape index (κ1) is 16.9. The molecule has 0 heterocycles. The molecule has 0 aromatic heterocycles. The molecule has 0 unspecified atom stereocenters. The molecule has 0 radical (unpaired) electrons. The summed E-state index contributed by atoms with van der Waals surface area (Å²) in [4.78, 5) is 12.7. The molecule has 23 heavy (non-hydrogen) atoms. The minimum Gasteiger partial charge on any atom is -0.437 e. The predicted octanol–water partition coefficient (Wildman–Crippen LogP) is 3.81. The van der Waals surface area contributed by atoms with E-state index in [1.54, 1.807) is 18.2 Å². The SMILES string of the molecule is COC(OC)OC(=Cc1cccc(C)c1)C(=O)c1ccccc1. The molecule has 0 atom stereocenters. The van der Waals surface area contributed by atoms with Crippen LogP contribution < -0.4 is 0 Å². The second kappa shape index (κ2) is 8.27. The highest BCUT2D eigenvalue weighted by Gasteiger charge is 2.18. The van der Waals surface area contributed by atoms with Gasteiger partial charge in [-0.25, -0.2) is 0 Å². The van der Waals surface area contributed by atoms with Crippen LogP contribution in [0.15, 0.2) is 60.4 Å². The van der Waals surface area contributed by atoms with Crippen molar-refractivity contribution in [2.45, 2.75) is 13.4 Å². The molecule has 120 valence electrons. The maximum absolute atomic E-state index is 12.7. The zero-order chi connectivity index (χ0) is 16.7. The van der Waals surface area contributed by atoms with Crippen LogP contribution in [0.25, 0.3) is 6.08 Å². The summed E-state index contributed by atoms with van der Waals surface area (Å²) in [5, 5.41) is 0. The first-order valence-electron chi connectivity index (χ1n) is 7.24. The number of methoxy groups -OCH3 is 2. The maximum Gasteiger partial charge on any atom is 0.315 e. The standard InChI is InChI=1S/C19H20O4/c1-14-8-7-9-15(12-14)13-17(23-19(21-2)22-3)18(20)16-10-5-4-6-11-16/h4-13,19H,1-3H3. The third-order valence-corrected chi connectivity index (χ3v) is 3.21. The lowest BCUT2D eigenvalue weighted by molar-refractivity contribution is -0.243. The van der Waals surface area contributed by atoms with Gasteiger partial charge in [0.2, 0.25) is 5.78 Å². The molecule has 0 aliphatic rings. The normalized spacial score (nSPS) is 11.6. The Hall–Kier alpha value is -2.43. The van der Waals surface area contributed by atoms with Crippen LogP contribution in [0.4, 0.5) is 0 Å². The van der Waals surface area contributed by atoms with Gasteiger partial charge in [0.1, 0.15) is 0 Å². The van der Waals surface area contributed by atoms with Crippen molar-refractivity contribution in [1.29, 1.82) is 0 Å². The molecule has 2 aromatic rings. The molecule has 0 amide bonds. The van der Waals surface area contributed by atoms with Crippen LogP contribution in [0, 0.1) is 6.92 Å². The topological polar surface area (TPSA) is 44.8 Å². The number of benzene rings is 2. The summed E-state index contributed by atoms with van der Waals surface area (Å²) in [6.07, 6.45) is 1.69. The zero-order valence-corrected chi connectivity index (χ0v) is 13.5. The quantitative estimate of drug-likeness (QED) is 0.337. The molecule has 0 aliphatic heterocycles. The molecular weight excluding hydrogens is 292 g/mol. The summed E-state index contributed by atoms with van der Waals surface area (Å²) >= 11 is 0. The van der Waals surface area contributed by atoms with Crippen LogP contribution in [-0.4, -0.2) is 26.5 Å². The van der Waals surface area contributed by atoms with Crippen molar-refractivity contribution in [1.82, 2.24) is 0 Å². The minimum atomic E-state index is -0.946. The molecule has 0 saturated carbocycles. The van der Waals surface area contributed by atoms with Gasteiger partial charge in [0.15, 0.2) is 5.76 Å². The van der Waals surface area contributed by atoms with Crippen LogP contribution in [0.5, 0.6) is 0 Å². The Kier molecular flexibility index (Phi) is 6.09. The first-order chi connectivity index (χ1) is 11.1. The van der Waals surface area contributed by atoms with E-state index in [4.69, 9.17) is 14.2 Å². The predicted molar refractivity (Wildman–Crippen MR) is 88.8 cm³/mol. The molecule has 0 fully saturated rings. The lowest BCUT2D eigenvalue weighted by Crippen LogP contribution is -2.20. The van der Waals surface area contributed by atoms with E-state index in [1.807, 2.05) is 49.4 Å². The number of ether oxygens (including phenoxy) is 3. The van der Waals surface area contributed by atoms with Gasteiger partial charge in [0, 0.05) is 19.8 Å². The first-order valence-corrected chi connectivity index (χ1v) is 7.24. The minimum absolute atomic E-state index is 0.163. The van der Waals surface area contributed by atoms with Crippen molar-refractivity contribution in [3.8, 4) is 0 Å². The van der Waals surface area contributed by atoms with Gasteiger partial charge in [-0.3, -0.25) is 4.79 Å². The van der Waals surface area contributed by atoms with E-state index < -0.39 is 6.48 Å². The molecule has 4 nitrogen and oxygen atoms in total. The smallest absolute Gasteiger partial charge is 0.315 e. The fourth-order valence-electron chi connectivity index (χ4n) is 2.09. The Morgan fingerprint density at radius 1 is 1.00 bits per heavy atom. The highest BCUT2D eigenvalue weighted by molar-refractivity contribution is 6.09. The average Bonchev–Trinajstić information content (AvgIpc) is 2.58. The van der Waals surface area contributed by atoms with Crippen LogP contribution in [-0.2, 0) is 14.2 Å². The van der Waals surface area contributed by atoms with Gasteiger partial charge in [-0.05, 0) is 18.6 Å². The van der Waals surface area contributed by atoms with Crippen molar-refractivity contribution < 1.29 is 19.0 Å². The molecule has 0 aliphatic carbocycles. The Morgan fingerprint density at radius 3 is 2.30 bits per heavy atom. The third kappa shape index (κ3) is 4.77. The van der Waals surface area contributed by atoms with Gasteiger partial charge < -0.3 is 14.2 Å². The fraction of sp³-hybridized carbons (Fsp3) is 0.211. The highest BCUT2D eigenvalue weighted by atomic mass is 16.8. The van der Waals surface area contributed by atoms with Crippen molar-refractivity contribution in [3.05, 3.63) is 77.0 Å². The van der Waals surface area contributed by atoms with Crippen molar-refractivity contribution in [2.75, 3.05) is 14.2 Å². The second-order valence-corrected chi connectivity index (χ2v) is 5.00. The lowest BCUT2D eigenvalue weighted by atomic mass is 10.1. The van der Waals surface area contributed by atoms with Gasteiger partial charge in [0.25, 0.3) is 0 Å². The molecule has 0 N–H and O–H groups in total. The van der Waals surface area contributed by atoms with Gasteiger partial charge >= 0.3 is 6.48 Å². The molecule has 2 aromatic carbocycles. The number of aryl methyl sites for hydroxylation is 1. The number of hydrogen-bond donors (Lipinski definition) is 0. The largest absolute Gasteiger partial charge is 0.437 e. The molecule has 2 rings (SSSR count). The summed E-state index contributed by atoms with van der Waals surface area (Å²) in [5.41, 5.74) is 2.51. The Labute approximate surface area is 136 Å². The summed E-state index contributed by atoms with van der Waals surface area (Å²) in [6, 6.07) is 16.7. The zero-order valence-electron chi connectivity index (χ0n) is 13.5. The molecule has 0 spiro atoms. The van der Waals surface area contributed by atoms with Gasteiger partial charge in [0.05, 0.1) is 0 Å². The summed E-state index contributed by atoms with van der Waals surface area (Å²) in [7, 11) is 2.90. The van der Waals surface area contributed by atoms with E-state index in [0.717, 1.165) is 11.1 Å². The second-order valence-electron chi connectivity index (χ2n) is 5.00. The number of Topliss-reactive ketones (excluding diaryl/α,β-unsaturated/α-hetero) is 1. The van der Waals surface area contributed by atoms with Crippen LogP contribution in [0.3, 0.4) is 0 Å².